The molecule has 0 radical (unpaired) electrons. The molecule has 0 saturated heterocycles. The van der Waals surface area contributed by atoms with Crippen LogP contribution in [-0.2, 0) is 12.8 Å². The molecule has 3 heteroatoms. The highest BCUT2D eigenvalue weighted by Crippen LogP contribution is 2.33. The van der Waals surface area contributed by atoms with Gasteiger partial charge in [-0.1, -0.05) is 37.6 Å². The molecule has 0 spiro atoms. The Balaban J connectivity index is 1.31. The highest BCUT2D eigenvalue weighted by atomic mass is 16.5. The molecule has 194 valence electrons. The van der Waals surface area contributed by atoms with E-state index < -0.39 is 0 Å². The average Bonchev–Trinajstić information content (AvgIpc) is 3.60. The molecule has 0 aromatic heterocycles. The van der Waals surface area contributed by atoms with Crippen LogP contribution in [0.1, 0.15) is 82.4 Å². The van der Waals surface area contributed by atoms with Crippen LogP contribution in [0.15, 0.2) is 72.3 Å². The van der Waals surface area contributed by atoms with Gasteiger partial charge in [-0.2, -0.15) is 0 Å². The fourth-order valence-corrected chi connectivity index (χ4v) is 5.22. The van der Waals surface area contributed by atoms with E-state index in [1.54, 1.807) is 0 Å². The Bertz CT molecular complexity index is 1200. The van der Waals surface area contributed by atoms with Gasteiger partial charge < -0.3 is 14.2 Å². The van der Waals surface area contributed by atoms with E-state index in [4.69, 9.17) is 14.2 Å². The first-order valence-electron chi connectivity index (χ1n) is 14.1. The van der Waals surface area contributed by atoms with Crippen LogP contribution in [0, 0.1) is 0 Å². The van der Waals surface area contributed by atoms with Gasteiger partial charge in [0.15, 0.2) is 0 Å². The monoisotopic (exact) mass is 496 g/mol. The van der Waals surface area contributed by atoms with Gasteiger partial charge in [0.05, 0.1) is 12.2 Å². The average molecular weight is 497 g/mol. The molecule has 2 saturated carbocycles. The first-order chi connectivity index (χ1) is 18.1. The van der Waals surface area contributed by atoms with Crippen LogP contribution >= 0.6 is 0 Å². The van der Waals surface area contributed by atoms with Gasteiger partial charge >= 0.3 is 0 Å². The lowest BCUT2D eigenvalue weighted by atomic mass is 9.91. The Morgan fingerprint density at radius 2 is 1.27 bits per heavy atom. The van der Waals surface area contributed by atoms with Gasteiger partial charge in [-0.25, -0.2) is 0 Å². The number of hydrogen-bond donors (Lipinski definition) is 0. The standard InChI is InChI=1S/C34H40O3/c1-4-26-12-15-33(37-32-20-18-31(19-21-32)36-30-16-17-30)23-34(26)24(3)27(5-2)22-25-10-13-29(14-11-25)35-28-8-6-7-9-28/h10-15,18-21,23,28,30H,4-9,16-17,22H2,1-3H3. The molecule has 2 fully saturated rings. The first-order valence-corrected chi connectivity index (χ1v) is 14.1. The predicted molar refractivity (Wildman–Crippen MR) is 152 cm³/mol. The lowest BCUT2D eigenvalue weighted by Crippen LogP contribution is -2.10. The SMILES string of the molecule is CCC(Cc1ccc(OC2CCCC2)cc1)=C(C)c1cc(Oc2ccc(OC3CC3)cc2)ccc1CC. The van der Waals surface area contributed by atoms with Crippen molar-refractivity contribution in [3.63, 3.8) is 0 Å². The predicted octanol–water partition coefficient (Wildman–Crippen LogP) is 9.33. The molecule has 0 amide bonds. The van der Waals surface area contributed by atoms with E-state index in [0.717, 1.165) is 55.1 Å². The van der Waals surface area contributed by atoms with Crippen molar-refractivity contribution in [2.75, 3.05) is 0 Å². The fourth-order valence-electron chi connectivity index (χ4n) is 5.22. The van der Waals surface area contributed by atoms with Crippen LogP contribution in [0.2, 0.25) is 0 Å². The van der Waals surface area contributed by atoms with Gasteiger partial charge in [0.2, 0.25) is 0 Å². The highest BCUT2D eigenvalue weighted by molar-refractivity contribution is 5.71. The van der Waals surface area contributed by atoms with Crippen LogP contribution in [-0.4, -0.2) is 12.2 Å². The van der Waals surface area contributed by atoms with E-state index in [1.807, 2.05) is 24.3 Å². The summed E-state index contributed by atoms with van der Waals surface area (Å²) in [4.78, 5) is 0. The summed E-state index contributed by atoms with van der Waals surface area (Å²) in [7, 11) is 0. The largest absolute Gasteiger partial charge is 0.490 e. The maximum absolute atomic E-state index is 6.25. The van der Waals surface area contributed by atoms with Crippen molar-refractivity contribution in [1.29, 1.82) is 0 Å². The normalized spacial score (nSPS) is 16.4. The second-order valence-corrected chi connectivity index (χ2v) is 10.5. The van der Waals surface area contributed by atoms with E-state index in [0.29, 0.717) is 12.2 Å². The Morgan fingerprint density at radius 1 is 0.703 bits per heavy atom. The minimum atomic E-state index is 0.398. The summed E-state index contributed by atoms with van der Waals surface area (Å²) in [5.41, 5.74) is 6.77. The molecule has 0 atom stereocenters. The van der Waals surface area contributed by atoms with Crippen molar-refractivity contribution in [1.82, 2.24) is 0 Å². The van der Waals surface area contributed by atoms with Gasteiger partial charge in [-0.3, -0.25) is 0 Å². The fraction of sp³-hybridized carbons (Fsp3) is 0.412. The molecule has 0 heterocycles. The zero-order chi connectivity index (χ0) is 25.6. The Hall–Kier alpha value is -3.20. The molecule has 37 heavy (non-hydrogen) atoms. The quantitative estimate of drug-likeness (QED) is 0.265. The van der Waals surface area contributed by atoms with E-state index in [2.05, 4.69) is 63.2 Å². The Kier molecular flexibility index (Phi) is 8.18. The molecule has 0 N–H and O–H groups in total. The molecule has 2 aliphatic carbocycles. The van der Waals surface area contributed by atoms with Crippen molar-refractivity contribution >= 4 is 5.57 Å². The molecule has 2 aliphatic rings. The highest BCUT2D eigenvalue weighted by Gasteiger charge is 2.23. The van der Waals surface area contributed by atoms with Crippen LogP contribution in [0.5, 0.6) is 23.0 Å². The smallest absolute Gasteiger partial charge is 0.128 e. The molecule has 0 unspecified atom stereocenters. The number of rotatable bonds is 11. The topological polar surface area (TPSA) is 27.7 Å². The van der Waals surface area contributed by atoms with Gasteiger partial charge in [-0.05, 0) is 136 Å². The zero-order valence-corrected chi connectivity index (χ0v) is 22.6. The molecule has 0 bridgehead atoms. The summed E-state index contributed by atoms with van der Waals surface area (Å²) in [6, 6.07) is 23.2. The summed E-state index contributed by atoms with van der Waals surface area (Å²) < 4.78 is 18.3. The molecule has 5 rings (SSSR count). The summed E-state index contributed by atoms with van der Waals surface area (Å²) >= 11 is 0. The summed E-state index contributed by atoms with van der Waals surface area (Å²) in [5.74, 6) is 3.61. The zero-order valence-electron chi connectivity index (χ0n) is 22.6. The second-order valence-electron chi connectivity index (χ2n) is 10.5. The molecular formula is C34H40O3. The van der Waals surface area contributed by atoms with E-state index >= 15 is 0 Å². The van der Waals surface area contributed by atoms with Crippen LogP contribution in [0.4, 0.5) is 0 Å². The molecule has 3 nitrogen and oxygen atoms in total. The number of benzene rings is 3. The second kappa shape index (κ2) is 11.9. The summed E-state index contributed by atoms with van der Waals surface area (Å²) in [5, 5.41) is 0. The third kappa shape index (κ3) is 6.77. The van der Waals surface area contributed by atoms with Gasteiger partial charge in [-0.15, -0.1) is 0 Å². The molecular weight excluding hydrogens is 456 g/mol. The number of ether oxygens (including phenoxy) is 3. The van der Waals surface area contributed by atoms with Crippen molar-refractivity contribution in [2.24, 2.45) is 0 Å². The number of allylic oxidation sites excluding steroid dienone is 2. The van der Waals surface area contributed by atoms with Crippen LogP contribution in [0.25, 0.3) is 5.57 Å². The summed E-state index contributed by atoms with van der Waals surface area (Å²) in [6.45, 7) is 6.74. The van der Waals surface area contributed by atoms with Gasteiger partial charge in [0.1, 0.15) is 23.0 Å². The van der Waals surface area contributed by atoms with Crippen LogP contribution in [0.3, 0.4) is 0 Å². The maximum Gasteiger partial charge on any atom is 0.128 e. The van der Waals surface area contributed by atoms with E-state index in [9.17, 15) is 0 Å². The van der Waals surface area contributed by atoms with Crippen molar-refractivity contribution in [3.8, 4) is 23.0 Å². The van der Waals surface area contributed by atoms with Crippen molar-refractivity contribution in [2.45, 2.75) is 90.8 Å². The van der Waals surface area contributed by atoms with Gasteiger partial charge in [0.25, 0.3) is 0 Å². The third-order valence-corrected chi connectivity index (χ3v) is 7.66. The number of hydrogen-bond acceptors (Lipinski definition) is 3. The minimum Gasteiger partial charge on any atom is -0.490 e. The Labute approximate surface area is 222 Å². The van der Waals surface area contributed by atoms with Gasteiger partial charge in [0, 0.05) is 0 Å². The van der Waals surface area contributed by atoms with E-state index in [1.165, 1.54) is 53.5 Å². The van der Waals surface area contributed by atoms with Crippen molar-refractivity contribution < 1.29 is 14.2 Å². The van der Waals surface area contributed by atoms with Crippen molar-refractivity contribution in [3.05, 3.63) is 89.0 Å². The summed E-state index contributed by atoms with van der Waals surface area (Å²) in [6.07, 6.45) is 11.0. The lowest BCUT2D eigenvalue weighted by Gasteiger charge is -2.17. The first kappa shape index (κ1) is 25.4. The Morgan fingerprint density at radius 3 is 1.86 bits per heavy atom. The minimum absolute atomic E-state index is 0.398. The maximum atomic E-state index is 6.25. The third-order valence-electron chi connectivity index (χ3n) is 7.66. The van der Waals surface area contributed by atoms with E-state index in [-0.39, 0.29) is 0 Å². The molecule has 0 aliphatic heterocycles. The molecule has 3 aromatic carbocycles. The number of aryl methyl sites for hydroxylation is 1. The molecule has 3 aromatic rings. The lowest BCUT2D eigenvalue weighted by molar-refractivity contribution is 0.210. The van der Waals surface area contributed by atoms with Crippen LogP contribution < -0.4 is 14.2 Å².